The Bertz CT molecular complexity index is 1110. The molecule has 0 radical (unpaired) electrons. The minimum absolute atomic E-state index is 0.327. The van der Waals surface area contributed by atoms with Gasteiger partial charge in [0.25, 0.3) is 0 Å². The van der Waals surface area contributed by atoms with E-state index in [0.717, 1.165) is 38.8 Å². The number of benzene rings is 2. The van der Waals surface area contributed by atoms with Gasteiger partial charge in [-0.2, -0.15) is 0 Å². The Morgan fingerprint density at radius 2 is 1.91 bits per heavy atom. The maximum Gasteiger partial charge on any atom is 0.216 e. The van der Waals surface area contributed by atoms with E-state index in [1.54, 1.807) is 18.3 Å². The van der Waals surface area contributed by atoms with Crippen LogP contribution in [-0.4, -0.2) is 0 Å². The van der Waals surface area contributed by atoms with Crippen LogP contribution in [0.5, 0.6) is 0 Å². The molecule has 2 heterocycles. The van der Waals surface area contributed by atoms with Crippen LogP contribution < -0.4 is 4.57 Å². The molecule has 2 nitrogen and oxygen atoms in total. The fraction of sp³-hybridized carbons (Fsp3) is 0.150. The van der Waals surface area contributed by atoms with E-state index in [1.807, 2.05) is 42.8 Å². The van der Waals surface area contributed by atoms with E-state index in [0.29, 0.717) is 5.56 Å². The largest absolute Gasteiger partial charge is 0.455 e. The van der Waals surface area contributed by atoms with Gasteiger partial charge >= 0.3 is 0 Å². The Hall–Kier alpha value is -2.61. The summed E-state index contributed by atoms with van der Waals surface area (Å²) in [7, 11) is 1.92. The van der Waals surface area contributed by atoms with Crippen molar-refractivity contribution in [2.75, 3.05) is 0 Å². The van der Waals surface area contributed by atoms with Crippen molar-refractivity contribution in [3.05, 3.63) is 65.9 Å². The third kappa shape index (κ3) is 1.84. The number of para-hydroxylation sites is 1. The average molecular weight is 291 g/mol. The molecule has 0 aliphatic heterocycles. The molecule has 2 aromatic heterocycles. The minimum Gasteiger partial charge on any atom is -0.455 e. The van der Waals surface area contributed by atoms with E-state index >= 15 is 0 Å². The molecule has 0 amide bonds. The fourth-order valence-corrected chi connectivity index (χ4v) is 3.02. The first-order chi connectivity index (χ1) is 11.9. The van der Waals surface area contributed by atoms with Gasteiger partial charge in [-0.25, -0.2) is 4.57 Å². The summed E-state index contributed by atoms with van der Waals surface area (Å²) in [5.41, 5.74) is 4.76. The minimum atomic E-state index is -2.14. The molecule has 4 rings (SSSR count). The van der Waals surface area contributed by atoms with Crippen molar-refractivity contribution < 1.29 is 13.1 Å². The maximum absolute atomic E-state index is 7.71. The van der Waals surface area contributed by atoms with Crippen molar-refractivity contribution in [3.63, 3.8) is 0 Å². The average Bonchev–Trinajstić information content (AvgIpc) is 2.93. The first-order valence-corrected chi connectivity index (χ1v) is 7.27. The third-order valence-corrected chi connectivity index (χ3v) is 4.16. The smallest absolute Gasteiger partial charge is 0.216 e. The number of pyridine rings is 1. The van der Waals surface area contributed by atoms with Gasteiger partial charge in [0.05, 0.1) is 5.56 Å². The summed E-state index contributed by atoms with van der Waals surface area (Å²) in [6.07, 6.45) is 1.79. The molecule has 0 fully saturated rings. The predicted octanol–water partition coefficient (Wildman–Crippen LogP) is 4.69. The van der Waals surface area contributed by atoms with Crippen LogP contribution in [0.25, 0.3) is 33.2 Å². The number of fused-ring (bicyclic) bond motifs is 3. The van der Waals surface area contributed by atoms with Gasteiger partial charge in [0.15, 0.2) is 6.20 Å². The second-order valence-corrected chi connectivity index (χ2v) is 5.64. The van der Waals surface area contributed by atoms with Gasteiger partial charge in [-0.3, -0.25) is 0 Å². The highest BCUT2D eigenvalue weighted by Crippen LogP contribution is 2.36. The molecule has 22 heavy (non-hydrogen) atoms. The van der Waals surface area contributed by atoms with Crippen molar-refractivity contribution in [1.82, 2.24) is 0 Å². The van der Waals surface area contributed by atoms with Gasteiger partial charge in [0.2, 0.25) is 5.69 Å². The molecule has 108 valence electrons. The summed E-state index contributed by atoms with van der Waals surface area (Å²) in [6, 6.07) is 15.4. The quantitative estimate of drug-likeness (QED) is 0.465. The summed E-state index contributed by atoms with van der Waals surface area (Å²) in [4.78, 5) is 0. The molecule has 2 aromatic carbocycles. The molecule has 0 saturated heterocycles. The first-order valence-electron chi connectivity index (χ1n) is 8.77. The molecular weight excluding hydrogens is 270 g/mol. The van der Waals surface area contributed by atoms with Crippen molar-refractivity contribution in [2.45, 2.75) is 13.8 Å². The number of aromatic nitrogens is 1. The molecular formula is C20H18NO+. The van der Waals surface area contributed by atoms with Gasteiger partial charge in [0, 0.05) is 27.0 Å². The lowest BCUT2D eigenvalue weighted by Gasteiger charge is -2.06. The van der Waals surface area contributed by atoms with Crippen molar-refractivity contribution in [1.29, 1.82) is 0 Å². The Morgan fingerprint density at radius 1 is 1.05 bits per heavy atom. The van der Waals surface area contributed by atoms with Gasteiger partial charge in [-0.1, -0.05) is 30.3 Å². The molecule has 0 unspecified atom stereocenters. The van der Waals surface area contributed by atoms with Crippen LogP contribution in [0.4, 0.5) is 0 Å². The SMILES string of the molecule is [2H]C([2H])([2H])c1cc[n+](C)c(-c2c(C)ccc3c2oc2ccccc23)c1. The highest BCUT2D eigenvalue weighted by atomic mass is 16.3. The predicted molar refractivity (Wildman–Crippen MR) is 89.8 cm³/mol. The monoisotopic (exact) mass is 291 g/mol. The number of furan rings is 1. The van der Waals surface area contributed by atoms with Gasteiger partial charge in [-0.15, -0.1) is 0 Å². The summed E-state index contributed by atoms with van der Waals surface area (Å²) in [5, 5.41) is 2.10. The van der Waals surface area contributed by atoms with E-state index in [-0.39, 0.29) is 0 Å². The number of hydrogen-bond acceptors (Lipinski definition) is 1. The molecule has 0 atom stereocenters. The summed E-state index contributed by atoms with van der Waals surface area (Å²) < 4.78 is 31.2. The first kappa shape index (κ1) is 10.2. The van der Waals surface area contributed by atoms with E-state index in [2.05, 4.69) is 12.1 Å². The van der Waals surface area contributed by atoms with E-state index < -0.39 is 6.85 Å². The standard InChI is InChI=1S/C20H18NO/c1-13-10-11-21(3)17(12-13)19-14(2)8-9-16-15-6-4-5-7-18(15)22-20(16)19/h4-12H,1-3H3/q+1/i1D3. The number of aryl methyl sites for hydroxylation is 3. The number of nitrogens with zero attached hydrogens (tertiary/aromatic N) is 1. The van der Waals surface area contributed by atoms with Crippen LogP contribution in [0.2, 0.25) is 0 Å². The third-order valence-electron chi connectivity index (χ3n) is 4.16. The maximum atomic E-state index is 7.71. The summed E-state index contributed by atoms with van der Waals surface area (Å²) >= 11 is 0. The van der Waals surface area contributed by atoms with Crippen LogP contribution in [0.15, 0.2) is 59.1 Å². The molecule has 0 bridgehead atoms. The van der Waals surface area contributed by atoms with Crippen molar-refractivity contribution >= 4 is 21.9 Å². The summed E-state index contributed by atoms with van der Waals surface area (Å²) in [6.45, 7) is -0.122. The Kier molecular flexibility index (Phi) is 2.17. The highest BCUT2D eigenvalue weighted by Gasteiger charge is 2.20. The van der Waals surface area contributed by atoms with Gasteiger partial charge in [-0.05, 0) is 31.0 Å². The molecule has 4 aromatic rings. The molecule has 0 spiro atoms. The second-order valence-electron chi connectivity index (χ2n) is 5.64. The van der Waals surface area contributed by atoms with Crippen LogP contribution in [0, 0.1) is 13.8 Å². The Balaban J connectivity index is 2.09. The van der Waals surface area contributed by atoms with E-state index in [4.69, 9.17) is 8.53 Å². The zero-order valence-electron chi connectivity index (χ0n) is 15.6. The molecule has 2 heteroatoms. The lowest BCUT2D eigenvalue weighted by molar-refractivity contribution is -0.660. The molecule has 0 saturated carbocycles. The van der Waals surface area contributed by atoms with Crippen LogP contribution in [0.3, 0.4) is 0 Å². The van der Waals surface area contributed by atoms with Gasteiger partial charge in [0.1, 0.15) is 18.2 Å². The fourth-order valence-electron chi connectivity index (χ4n) is 3.02. The molecule has 0 aliphatic carbocycles. The lowest BCUT2D eigenvalue weighted by Crippen LogP contribution is -2.30. The Labute approximate surface area is 133 Å². The van der Waals surface area contributed by atoms with Gasteiger partial charge < -0.3 is 4.42 Å². The van der Waals surface area contributed by atoms with Crippen LogP contribution >= 0.6 is 0 Å². The van der Waals surface area contributed by atoms with E-state index in [9.17, 15) is 0 Å². The Morgan fingerprint density at radius 3 is 2.77 bits per heavy atom. The highest BCUT2D eigenvalue weighted by molar-refractivity contribution is 6.09. The number of rotatable bonds is 1. The molecule has 0 aliphatic rings. The topological polar surface area (TPSA) is 17.0 Å². The zero-order chi connectivity index (χ0) is 17.8. The van der Waals surface area contributed by atoms with Crippen LogP contribution in [-0.2, 0) is 7.05 Å². The van der Waals surface area contributed by atoms with Crippen molar-refractivity contribution in [2.24, 2.45) is 7.05 Å². The molecule has 0 N–H and O–H groups in total. The number of hydrogen-bond donors (Lipinski definition) is 0. The normalized spacial score (nSPS) is 14.0. The summed E-state index contributed by atoms with van der Waals surface area (Å²) in [5.74, 6) is 0. The lowest BCUT2D eigenvalue weighted by atomic mass is 10.00. The van der Waals surface area contributed by atoms with Crippen molar-refractivity contribution in [3.8, 4) is 11.3 Å². The second kappa shape index (κ2) is 4.70. The van der Waals surface area contributed by atoms with Crippen LogP contribution in [0.1, 0.15) is 15.2 Å². The zero-order valence-corrected chi connectivity index (χ0v) is 12.6. The van der Waals surface area contributed by atoms with E-state index in [1.165, 1.54) is 0 Å².